The van der Waals surface area contributed by atoms with Gasteiger partial charge < -0.3 is 4.74 Å². The van der Waals surface area contributed by atoms with E-state index in [1.807, 2.05) is 12.1 Å². The van der Waals surface area contributed by atoms with Crippen LogP contribution in [0.5, 0.6) is 6.01 Å². The number of methoxy groups -OCH3 is 1. The number of nitrogens with one attached hydrogen (secondary N) is 1. The highest BCUT2D eigenvalue weighted by Gasteiger charge is 2.07. The fourth-order valence-corrected chi connectivity index (χ4v) is 1.48. The molecule has 0 aliphatic heterocycles. The lowest BCUT2D eigenvalue weighted by atomic mass is 10.2. The average molecular weight is 201 g/mol. The van der Waals surface area contributed by atoms with Gasteiger partial charge in [0.25, 0.3) is 0 Å². The van der Waals surface area contributed by atoms with Gasteiger partial charge in [0, 0.05) is 11.6 Å². The number of hydrogen-bond donors (Lipinski definition) is 1. The maximum Gasteiger partial charge on any atom is 0.316 e. The normalized spacial score (nSPS) is 11.0. The van der Waals surface area contributed by atoms with E-state index in [9.17, 15) is 0 Å². The van der Waals surface area contributed by atoms with Gasteiger partial charge in [0.15, 0.2) is 0 Å². The zero-order chi connectivity index (χ0) is 10.3. The molecule has 0 radical (unpaired) electrons. The SMILES string of the molecule is COc1ncc2ccc3n[nH]nc3c2n1. The zero-order valence-electron chi connectivity index (χ0n) is 7.93. The van der Waals surface area contributed by atoms with Crippen molar-refractivity contribution in [2.45, 2.75) is 0 Å². The van der Waals surface area contributed by atoms with Crippen molar-refractivity contribution in [1.29, 1.82) is 0 Å². The number of rotatable bonds is 1. The van der Waals surface area contributed by atoms with Crippen LogP contribution in [0.15, 0.2) is 18.3 Å². The first-order valence-electron chi connectivity index (χ1n) is 4.39. The van der Waals surface area contributed by atoms with Gasteiger partial charge in [-0.2, -0.15) is 20.4 Å². The van der Waals surface area contributed by atoms with Crippen LogP contribution in [0.1, 0.15) is 0 Å². The van der Waals surface area contributed by atoms with Gasteiger partial charge in [-0.25, -0.2) is 4.98 Å². The second-order valence-corrected chi connectivity index (χ2v) is 3.05. The average Bonchev–Trinajstić information content (AvgIpc) is 2.76. The summed E-state index contributed by atoms with van der Waals surface area (Å²) < 4.78 is 4.97. The van der Waals surface area contributed by atoms with Crippen molar-refractivity contribution >= 4 is 21.9 Å². The van der Waals surface area contributed by atoms with Crippen LogP contribution in [0.25, 0.3) is 21.9 Å². The Morgan fingerprint density at radius 3 is 3.00 bits per heavy atom. The molecule has 0 atom stereocenters. The van der Waals surface area contributed by atoms with E-state index in [0.717, 1.165) is 21.9 Å². The minimum Gasteiger partial charge on any atom is -0.467 e. The van der Waals surface area contributed by atoms with Crippen molar-refractivity contribution in [1.82, 2.24) is 25.4 Å². The largest absolute Gasteiger partial charge is 0.467 e. The molecule has 3 aromatic rings. The highest BCUT2D eigenvalue weighted by atomic mass is 16.5. The van der Waals surface area contributed by atoms with E-state index in [2.05, 4.69) is 25.4 Å². The summed E-state index contributed by atoms with van der Waals surface area (Å²) in [4.78, 5) is 8.26. The minimum atomic E-state index is 0.331. The molecule has 1 N–H and O–H groups in total. The van der Waals surface area contributed by atoms with Crippen LogP contribution in [0.4, 0.5) is 0 Å². The number of nitrogens with zero attached hydrogens (tertiary/aromatic N) is 4. The van der Waals surface area contributed by atoms with Crippen LogP contribution in [0, 0.1) is 0 Å². The molecule has 0 bridgehead atoms. The maximum atomic E-state index is 4.97. The van der Waals surface area contributed by atoms with E-state index in [0.29, 0.717) is 6.01 Å². The van der Waals surface area contributed by atoms with Crippen molar-refractivity contribution in [3.63, 3.8) is 0 Å². The third kappa shape index (κ3) is 1.11. The number of fused-ring (bicyclic) bond motifs is 3. The summed E-state index contributed by atoms with van der Waals surface area (Å²) in [5, 5.41) is 11.5. The van der Waals surface area contributed by atoms with Crippen LogP contribution >= 0.6 is 0 Å². The number of aromatic amines is 1. The van der Waals surface area contributed by atoms with E-state index < -0.39 is 0 Å². The molecule has 2 heterocycles. The van der Waals surface area contributed by atoms with Crippen molar-refractivity contribution in [3.8, 4) is 6.01 Å². The predicted octanol–water partition coefficient (Wildman–Crippen LogP) is 0.910. The van der Waals surface area contributed by atoms with Gasteiger partial charge in [0.05, 0.1) is 7.11 Å². The Morgan fingerprint density at radius 1 is 1.20 bits per heavy atom. The fraction of sp³-hybridized carbons (Fsp3) is 0.111. The topological polar surface area (TPSA) is 76.6 Å². The standard InChI is InChI=1S/C9H7N5O/c1-15-9-10-4-5-2-3-6-8(7(5)11-9)13-14-12-6/h2-4H,1H3,(H,12,13,14). The van der Waals surface area contributed by atoms with Gasteiger partial charge in [-0.05, 0) is 12.1 Å². The molecule has 2 aromatic heterocycles. The van der Waals surface area contributed by atoms with Crippen LogP contribution in [0.3, 0.4) is 0 Å². The van der Waals surface area contributed by atoms with Gasteiger partial charge in [-0.1, -0.05) is 0 Å². The fourth-order valence-electron chi connectivity index (χ4n) is 1.48. The van der Waals surface area contributed by atoms with Gasteiger partial charge >= 0.3 is 6.01 Å². The third-order valence-electron chi connectivity index (χ3n) is 2.20. The zero-order valence-corrected chi connectivity index (χ0v) is 7.93. The Bertz CT molecular complexity index is 633. The molecule has 15 heavy (non-hydrogen) atoms. The second-order valence-electron chi connectivity index (χ2n) is 3.05. The Morgan fingerprint density at radius 2 is 2.13 bits per heavy atom. The highest BCUT2D eigenvalue weighted by molar-refractivity contribution is 6.00. The molecule has 0 aliphatic rings. The summed E-state index contributed by atoms with van der Waals surface area (Å²) in [5.74, 6) is 0. The van der Waals surface area contributed by atoms with Crippen LogP contribution in [-0.4, -0.2) is 32.5 Å². The number of ether oxygens (including phenoxy) is 1. The molecule has 0 amide bonds. The summed E-state index contributed by atoms with van der Waals surface area (Å²) in [6.45, 7) is 0. The molecule has 0 aliphatic carbocycles. The maximum absolute atomic E-state index is 4.97. The van der Waals surface area contributed by atoms with Crippen molar-refractivity contribution in [3.05, 3.63) is 18.3 Å². The molecule has 0 fully saturated rings. The van der Waals surface area contributed by atoms with E-state index in [1.165, 1.54) is 7.11 Å². The van der Waals surface area contributed by atoms with Crippen LogP contribution in [0.2, 0.25) is 0 Å². The molecule has 0 unspecified atom stereocenters. The van der Waals surface area contributed by atoms with Crippen LogP contribution in [-0.2, 0) is 0 Å². The molecule has 0 saturated heterocycles. The lowest BCUT2D eigenvalue weighted by molar-refractivity contribution is 0.382. The molecule has 0 spiro atoms. The Balaban J connectivity index is 2.48. The molecular formula is C9H7N5O. The molecule has 6 heteroatoms. The quantitative estimate of drug-likeness (QED) is 0.633. The third-order valence-corrected chi connectivity index (χ3v) is 2.20. The van der Waals surface area contributed by atoms with E-state index in [4.69, 9.17) is 4.74 Å². The monoisotopic (exact) mass is 201 g/mol. The first-order chi connectivity index (χ1) is 7.38. The highest BCUT2D eigenvalue weighted by Crippen LogP contribution is 2.20. The Kier molecular flexibility index (Phi) is 1.55. The van der Waals surface area contributed by atoms with E-state index in [1.54, 1.807) is 6.20 Å². The number of hydrogen-bond acceptors (Lipinski definition) is 5. The summed E-state index contributed by atoms with van der Waals surface area (Å²) in [6, 6.07) is 4.11. The molecule has 6 nitrogen and oxygen atoms in total. The van der Waals surface area contributed by atoms with Crippen molar-refractivity contribution < 1.29 is 4.74 Å². The molecule has 3 rings (SSSR count). The molecule has 1 aromatic carbocycles. The summed E-state index contributed by atoms with van der Waals surface area (Å²) in [7, 11) is 1.53. The summed E-state index contributed by atoms with van der Waals surface area (Å²) in [5.41, 5.74) is 2.25. The van der Waals surface area contributed by atoms with E-state index >= 15 is 0 Å². The predicted molar refractivity (Wildman–Crippen MR) is 53.5 cm³/mol. The number of H-pyrrole nitrogens is 1. The Labute approximate surface area is 84.3 Å². The van der Waals surface area contributed by atoms with Crippen LogP contribution < -0.4 is 4.74 Å². The number of aromatic nitrogens is 5. The molecular weight excluding hydrogens is 194 g/mol. The van der Waals surface area contributed by atoms with Gasteiger partial charge in [-0.3, -0.25) is 0 Å². The summed E-state index contributed by atoms with van der Waals surface area (Å²) >= 11 is 0. The van der Waals surface area contributed by atoms with Gasteiger partial charge in [0.1, 0.15) is 16.6 Å². The minimum absolute atomic E-state index is 0.331. The summed E-state index contributed by atoms with van der Waals surface area (Å²) in [6.07, 6.45) is 1.70. The smallest absolute Gasteiger partial charge is 0.316 e. The lowest BCUT2D eigenvalue weighted by Gasteiger charge is -1.99. The molecule has 74 valence electrons. The van der Waals surface area contributed by atoms with Crippen molar-refractivity contribution in [2.75, 3.05) is 7.11 Å². The second kappa shape index (κ2) is 2.88. The van der Waals surface area contributed by atoms with Gasteiger partial charge in [0.2, 0.25) is 0 Å². The van der Waals surface area contributed by atoms with Gasteiger partial charge in [-0.15, -0.1) is 0 Å². The van der Waals surface area contributed by atoms with E-state index in [-0.39, 0.29) is 0 Å². The Hall–Kier alpha value is -2.24. The van der Waals surface area contributed by atoms with Crippen molar-refractivity contribution in [2.24, 2.45) is 0 Å². The number of benzene rings is 1. The lowest BCUT2D eigenvalue weighted by Crippen LogP contribution is -1.92. The molecule has 0 saturated carbocycles. The first kappa shape index (κ1) is 8.10. The first-order valence-corrected chi connectivity index (χ1v) is 4.39.